The fraction of sp³-hybridized carbons (Fsp3) is 0.364. The van der Waals surface area contributed by atoms with Crippen LogP contribution in [0.3, 0.4) is 0 Å². The maximum atomic E-state index is 11.8. The SMILES string of the molecule is Cc1cccc(C(=O)N[C@H](C)CN)c1I.Cl. The van der Waals surface area contributed by atoms with Gasteiger partial charge in [-0.3, -0.25) is 4.79 Å². The van der Waals surface area contributed by atoms with Crippen LogP contribution in [0.2, 0.25) is 0 Å². The standard InChI is InChI=1S/C11H15IN2O.ClH/c1-7-4-3-5-9(10(7)12)11(15)14-8(2)6-13;/h3-5,8H,6,13H2,1-2H3,(H,14,15);1H/t8-;/m1./s1. The summed E-state index contributed by atoms with van der Waals surface area (Å²) in [5, 5.41) is 2.85. The van der Waals surface area contributed by atoms with Gasteiger partial charge >= 0.3 is 0 Å². The topological polar surface area (TPSA) is 55.1 Å². The van der Waals surface area contributed by atoms with Crippen molar-refractivity contribution in [3.63, 3.8) is 0 Å². The predicted octanol–water partition coefficient (Wildman–Crippen LogP) is 2.10. The minimum absolute atomic E-state index is 0. The first-order chi connectivity index (χ1) is 7.06. The van der Waals surface area contributed by atoms with E-state index < -0.39 is 0 Å². The maximum Gasteiger partial charge on any atom is 0.252 e. The Morgan fingerprint density at radius 1 is 1.56 bits per heavy atom. The average Bonchev–Trinajstić information content (AvgIpc) is 2.21. The van der Waals surface area contributed by atoms with Crippen molar-refractivity contribution in [2.45, 2.75) is 19.9 Å². The Hall–Kier alpha value is -0.330. The molecule has 0 aliphatic rings. The van der Waals surface area contributed by atoms with Crippen LogP contribution >= 0.6 is 35.0 Å². The maximum absolute atomic E-state index is 11.8. The second kappa shape index (κ2) is 7.09. The summed E-state index contributed by atoms with van der Waals surface area (Å²) >= 11 is 2.19. The Morgan fingerprint density at radius 2 is 2.19 bits per heavy atom. The molecule has 0 bridgehead atoms. The summed E-state index contributed by atoms with van der Waals surface area (Å²) in [6, 6.07) is 5.71. The van der Waals surface area contributed by atoms with Gasteiger partial charge in [0.15, 0.2) is 0 Å². The minimum Gasteiger partial charge on any atom is -0.348 e. The van der Waals surface area contributed by atoms with Crippen molar-refractivity contribution in [3.05, 3.63) is 32.9 Å². The lowest BCUT2D eigenvalue weighted by Crippen LogP contribution is -2.38. The number of amides is 1. The van der Waals surface area contributed by atoms with Crippen LogP contribution in [0.4, 0.5) is 0 Å². The highest BCUT2D eigenvalue weighted by Crippen LogP contribution is 2.16. The molecule has 0 spiro atoms. The number of hydrogen-bond acceptors (Lipinski definition) is 2. The smallest absolute Gasteiger partial charge is 0.252 e. The van der Waals surface area contributed by atoms with Crippen LogP contribution in [0.25, 0.3) is 0 Å². The van der Waals surface area contributed by atoms with E-state index in [1.807, 2.05) is 32.0 Å². The van der Waals surface area contributed by atoms with Crippen molar-refractivity contribution >= 4 is 40.9 Å². The summed E-state index contributed by atoms with van der Waals surface area (Å²) in [4.78, 5) is 11.8. The molecule has 0 fully saturated rings. The second-order valence-electron chi connectivity index (χ2n) is 3.55. The number of halogens is 2. The molecule has 1 rings (SSSR count). The zero-order valence-corrected chi connectivity index (χ0v) is 12.3. The molecule has 1 amide bonds. The molecule has 0 saturated carbocycles. The van der Waals surface area contributed by atoms with Gasteiger partial charge in [0.1, 0.15) is 0 Å². The highest BCUT2D eigenvalue weighted by atomic mass is 127. The van der Waals surface area contributed by atoms with Crippen molar-refractivity contribution in [1.82, 2.24) is 5.32 Å². The predicted molar refractivity (Wildman–Crippen MR) is 77.1 cm³/mol. The molecule has 0 radical (unpaired) electrons. The molecule has 0 aromatic heterocycles. The summed E-state index contributed by atoms with van der Waals surface area (Å²) in [5.41, 5.74) is 7.28. The second-order valence-corrected chi connectivity index (χ2v) is 4.63. The molecule has 16 heavy (non-hydrogen) atoms. The Bertz CT molecular complexity index is 371. The van der Waals surface area contributed by atoms with E-state index in [9.17, 15) is 4.79 Å². The first-order valence-electron chi connectivity index (χ1n) is 4.82. The molecule has 3 N–H and O–H groups in total. The van der Waals surface area contributed by atoms with E-state index >= 15 is 0 Å². The average molecular weight is 355 g/mol. The van der Waals surface area contributed by atoms with E-state index in [1.54, 1.807) is 0 Å². The molecule has 0 heterocycles. The fourth-order valence-electron chi connectivity index (χ4n) is 1.18. The van der Waals surface area contributed by atoms with E-state index in [-0.39, 0.29) is 24.4 Å². The third-order valence-electron chi connectivity index (χ3n) is 2.17. The third kappa shape index (κ3) is 3.92. The van der Waals surface area contributed by atoms with Crippen LogP contribution in [-0.4, -0.2) is 18.5 Å². The van der Waals surface area contributed by atoms with Gasteiger partial charge in [-0.2, -0.15) is 0 Å². The number of carbonyl (C=O) groups is 1. The van der Waals surface area contributed by atoms with Crippen molar-refractivity contribution in [3.8, 4) is 0 Å². The number of nitrogens with two attached hydrogens (primary N) is 1. The monoisotopic (exact) mass is 354 g/mol. The largest absolute Gasteiger partial charge is 0.348 e. The van der Waals surface area contributed by atoms with Crippen molar-refractivity contribution in [2.24, 2.45) is 5.73 Å². The van der Waals surface area contributed by atoms with Crippen LogP contribution in [0.5, 0.6) is 0 Å². The van der Waals surface area contributed by atoms with Gasteiger partial charge in [-0.05, 0) is 48.1 Å². The van der Waals surface area contributed by atoms with E-state index in [4.69, 9.17) is 5.73 Å². The van der Waals surface area contributed by atoms with E-state index in [0.29, 0.717) is 6.54 Å². The first-order valence-corrected chi connectivity index (χ1v) is 5.90. The van der Waals surface area contributed by atoms with Crippen LogP contribution < -0.4 is 11.1 Å². The van der Waals surface area contributed by atoms with Gasteiger partial charge in [0.25, 0.3) is 5.91 Å². The molecule has 0 aliphatic heterocycles. The lowest BCUT2D eigenvalue weighted by Gasteiger charge is -2.12. The Balaban J connectivity index is 0.00000225. The summed E-state index contributed by atoms with van der Waals surface area (Å²) < 4.78 is 0.997. The van der Waals surface area contributed by atoms with Gasteiger partial charge in [-0.1, -0.05) is 12.1 Å². The molecular formula is C11H16ClIN2O. The Morgan fingerprint density at radius 3 is 2.75 bits per heavy atom. The van der Waals surface area contributed by atoms with Gasteiger partial charge in [0, 0.05) is 16.2 Å². The van der Waals surface area contributed by atoms with Gasteiger partial charge < -0.3 is 11.1 Å². The molecule has 1 aromatic carbocycles. The summed E-state index contributed by atoms with van der Waals surface area (Å²) in [6.45, 7) is 4.33. The lowest BCUT2D eigenvalue weighted by atomic mass is 10.1. The number of rotatable bonds is 3. The van der Waals surface area contributed by atoms with Crippen molar-refractivity contribution in [1.29, 1.82) is 0 Å². The molecule has 3 nitrogen and oxygen atoms in total. The summed E-state index contributed by atoms with van der Waals surface area (Å²) in [7, 11) is 0. The number of nitrogens with one attached hydrogen (secondary N) is 1. The Labute approximate surface area is 116 Å². The van der Waals surface area contributed by atoms with Gasteiger partial charge in [-0.15, -0.1) is 12.4 Å². The van der Waals surface area contributed by atoms with Gasteiger partial charge in [0.05, 0.1) is 5.56 Å². The lowest BCUT2D eigenvalue weighted by molar-refractivity contribution is 0.0940. The molecule has 1 atom stereocenters. The fourth-order valence-corrected chi connectivity index (χ4v) is 1.79. The molecule has 5 heteroatoms. The molecule has 90 valence electrons. The highest BCUT2D eigenvalue weighted by molar-refractivity contribution is 14.1. The molecule has 0 aliphatic carbocycles. The van der Waals surface area contributed by atoms with E-state index in [1.165, 1.54) is 0 Å². The zero-order valence-electron chi connectivity index (χ0n) is 9.29. The van der Waals surface area contributed by atoms with Crippen LogP contribution in [0, 0.1) is 10.5 Å². The summed E-state index contributed by atoms with van der Waals surface area (Å²) in [6.07, 6.45) is 0. The quantitative estimate of drug-likeness (QED) is 0.817. The molecule has 1 aromatic rings. The number of carbonyl (C=O) groups excluding carboxylic acids is 1. The number of benzene rings is 1. The molecule has 0 unspecified atom stereocenters. The van der Waals surface area contributed by atoms with Crippen molar-refractivity contribution < 1.29 is 4.79 Å². The normalized spacial score (nSPS) is 11.5. The minimum atomic E-state index is -0.0546. The number of hydrogen-bond donors (Lipinski definition) is 2. The van der Waals surface area contributed by atoms with Crippen LogP contribution in [-0.2, 0) is 0 Å². The number of aryl methyl sites for hydroxylation is 1. The van der Waals surface area contributed by atoms with Gasteiger partial charge in [0.2, 0.25) is 0 Å². The highest BCUT2D eigenvalue weighted by Gasteiger charge is 2.12. The summed E-state index contributed by atoms with van der Waals surface area (Å²) in [5.74, 6) is -0.0546. The van der Waals surface area contributed by atoms with Crippen LogP contribution in [0.15, 0.2) is 18.2 Å². The van der Waals surface area contributed by atoms with Crippen molar-refractivity contribution in [2.75, 3.05) is 6.54 Å². The first kappa shape index (κ1) is 15.7. The van der Waals surface area contributed by atoms with Gasteiger partial charge in [-0.25, -0.2) is 0 Å². The zero-order chi connectivity index (χ0) is 11.4. The van der Waals surface area contributed by atoms with E-state index in [2.05, 4.69) is 27.9 Å². The van der Waals surface area contributed by atoms with E-state index in [0.717, 1.165) is 14.7 Å². The Kier molecular flexibility index (Phi) is 6.94. The van der Waals surface area contributed by atoms with Crippen LogP contribution in [0.1, 0.15) is 22.8 Å². The third-order valence-corrected chi connectivity index (χ3v) is 3.60. The molecule has 0 saturated heterocycles. The molecular weight excluding hydrogens is 338 g/mol.